The summed E-state index contributed by atoms with van der Waals surface area (Å²) in [4.78, 5) is 24.2. The van der Waals surface area contributed by atoms with Crippen LogP contribution in [0.3, 0.4) is 0 Å². The van der Waals surface area contributed by atoms with Crippen LogP contribution >= 0.6 is 23.1 Å². The highest BCUT2D eigenvalue weighted by Gasteiger charge is 2.16. The van der Waals surface area contributed by atoms with Gasteiger partial charge < -0.3 is 10.6 Å². The Morgan fingerprint density at radius 1 is 1.04 bits per heavy atom. The van der Waals surface area contributed by atoms with Crippen LogP contribution in [-0.4, -0.2) is 33.4 Å². The van der Waals surface area contributed by atoms with Gasteiger partial charge >= 0.3 is 6.03 Å². The van der Waals surface area contributed by atoms with Gasteiger partial charge in [0.05, 0.1) is 5.75 Å². The predicted octanol–water partition coefficient (Wildman–Crippen LogP) is 4.34. The van der Waals surface area contributed by atoms with E-state index >= 15 is 0 Å². The zero-order chi connectivity index (χ0) is 20.1. The summed E-state index contributed by atoms with van der Waals surface area (Å²) in [6.45, 7) is 5.67. The highest BCUT2D eigenvalue weighted by atomic mass is 32.2. The number of urea groups is 1. The van der Waals surface area contributed by atoms with Crippen molar-refractivity contribution in [2.45, 2.75) is 30.6 Å². The summed E-state index contributed by atoms with van der Waals surface area (Å²) in [7, 11) is 0. The number of hydrogen-bond acceptors (Lipinski definition) is 6. The fraction of sp³-hybridized carbons (Fsp3) is 0.263. The molecule has 0 saturated heterocycles. The van der Waals surface area contributed by atoms with Crippen LogP contribution in [0, 0.1) is 0 Å². The first kappa shape index (κ1) is 20.1. The average molecular weight is 416 g/mol. The first-order chi connectivity index (χ1) is 13.3. The van der Waals surface area contributed by atoms with E-state index in [1.165, 1.54) is 23.1 Å². The van der Waals surface area contributed by atoms with Crippen molar-refractivity contribution in [2.75, 3.05) is 16.4 Å². The normalized spacial score (nSPS) is 11.2. The van der Waals surface area contributed by atoms with E-state index in [-0.39, 0.29) is 23.2 Å². The Bertz CT molecular complexity index is 992. The van der Waals surface area contributed by atoms with Gasteiger partial charge in [-0.3, -0.25) is 10.1 Å². The molecule has 9 heteroatoms. The number of carbonyl (C=O) groups excluding carboxylic acids is 2. The number of hydrogen-bond donors (Lipinski definition) is 3. The minimum Gasteiger partial charge on any atom is -0.333 e. The van der Waals surface area contributed by atoms with Gasteiger partial charge in [-0.15, -0.1) is 10.2 Å². The number of rotatable bonds is 5. The molecule has 0 spiro atoms. The summed E-state index contributed by atoms with van der Waals surface area (Å²) in [5, 5.41) is 18.8. The van der Waals surface area contributed by atoms with E-state index in [0.29, 0.717) is 9.47 Å². The number of anilines is 2. The molecule has 1 heterocycles. The molecular formula is C19H21N5O2S2. The third-order valence-electron chi connectivity index (χ3n) is 3.51. The minimum absolute atomic E-state index is 0.128. The third kappa shape index (κ3) is 5.67. The monoisotopic (exact) mass is 415 g/mol. The highest BCUT2D eigenvalue weighted by molar-refractivity contribution is 8.01. The van der Waals surface area contributed by atoms with Crippen molar-refractivity contribution in [1.82, 2.24) is 15.5 Å². The number of thioether (sulfide) groups is 1. The van der Waals surface area contributed by atoms with Crippen LogP contribution in [0.15, 0.2) is 46.8 Å². The molecule has 0 aliphatic heterocycles. The van der Waals surface area contributed by atoms with Crippen LogP contribution in [0.2, 0.25) is 0 Å². The smallest absolute Gasteiger partial charge is 0.321 e. The van der Waals surface area contributed by atoms with E-state index in [0.717, 1.165) is 16.5 Å². The van der Waals surface area contributed by atoms with Gasteiger partial charge in [0, 0.05) is 16.6 Å². The summed E-state index contributed by atoms with van der Waals surface area (Å²) in [5.74, 6) is 0.0722. The number of benzene rings is 2. The van der Waals surface area contributed by atoms with Crippen LogP contribution < -0.4 is 16.0 Å². The second kappa shape index (κ2) is 8.57. The molecule has 0 aliphatic rings. The largest absolute Gasteiger partial charge is 0.333 e. The molecule has 0 aliphatic carbocycles. The molecule has 0 saturated carbocycles. The molecule has 0 atom stereocenters. The summed E-state index contributed by atoms with van der Waals surface area (Å²) in [6.07, 6.45) is 0. The first-order valence-corrected chi connectivity index (χ1v) is 10.4. The Hall–Kier alpha value is -2.65. The van der Waals surface area contributed by atoms with Crippen molar-refractivity contribution in [2.24, 2.45) is 0 Å². The average Bonchev–Trinajstić information content (AvgIpc) is 3.06. The molecule has 2 aromatic carbocycles. The molecule has 28 heavy (non-hydrogen) atoms. The lowest BCUT2D eigenvalue weighted by Crippen LogP contribution is -2.43. The summed E-state index contributed by atoms with van der Waals surface area (Å²) in [5.41, 5.74) is 0.439. The van der Waals surface area contributed by atoms with E-state index in [1.54, 1.807) is 0 Å². The van der Waals surface area contributed by atoms with Gasteiger partial charge in [0.2, 0.25) is 11.0 Å². The Morgan fingerprint density at radius 3 is 2.57 bits per heavy atom. The maximum absolute atomic E-state index is 12.3. The molecule has 3 rings (SSSR count). The number of nitrogens with one attached hydrogen (secondary N) is 3. The lowest BCUT2D eigenvalue weighted by molar-refractivity contribution is -0.113. The van der Waals surface area contributed by atoms with E-state index in [4.69, 9.17) is 0 Å². The molecule has 3 amide bonds. The molecule has 0 radical (unpaired) electrons. The van der Waals surface area contributed by atoms with Crippen LogP contribution in [0.25, 0.3) is 10.8 Å². The zero-order valence-corrected chi connectivity index (χ0v) is 17.4. The molecule has 7 nitrogen and oxygen atoms in total. The quantitative estimate of drug-likeness (QED) is 0.425. The van der Waals surface area contributed by atoms with E-state index in [1.807, 2.05) is 63.2 Å². The van der Waals surface area contributed by atoms with E-state index in [2.05, 4.69) is 26.1 Å². The molecule has 0 unspecified atom stereocenters. The Labute approximate surface area is 171 Å². The molecule has 146 valence electrons. The molecule has 0 fully saturated rings. The van der Waals surface area contributed by atoms with Crippen LogP contribution in [0.5, 0.6) is 0 Å². The van der Waals surface area contributed by atoms with Crippen LogP contribution in [0.4, 0.5) is 15.6 Å². The lowest BCUT2D eigenvalue weighted by Gasteiger charge is -2.19. The fourth-order valence-electron chi connectivity index (χ4n) is 2.44. The van der Waals surface area contributed by atoms with Crippen LogP contribution in [0.1, 0.15) is 20.8 Å². The summed E-state index contributed by atoms with van der Waals surface area (Å²) >= 11 is 2.50. The van der Waals surface area contributed by atoms with Crippen molar-refractivity contribution in [3.8, 4) is 0 Å². The highest BCUT2D eigenvalue weighted by Crippen LogP contribution is 2.27. The van der Waals surface area contributed by atoms with Gasteiger partial charge in [-0.1, -0.05) is 59.5 Å². The second-order valence-corrected chi connectivity index (χ2v) is 9.27. The maximum atomic E-state index is 12.3. The van der Waals surface area contributed by atoms with Gasteiger partial charge in [-0.2, -0.15) is 0 Å². The van der Waals surface area contributed by atoms with Gasteiger partial charge in [0.25, 0.3) is 0 Å². The number of fused-ring (bicyclic) bond motifs is 1. The maximum Gasteiger partial charge on any atom is 0.321 e. The van der Waals surface area contributed by atoms with Gasteiger partial charge in [-0.25, -0.2) is 4.79 Å². The van der Waals surface area contributed by atoms with Crippen molar-refractivity contribution in [1.29, 1.82) is 0 Å². The number of nitrogens with zero attached hydrogens (tertiary/aromatic N) is 2. The number of carbonyl (C=O) groups is 2. The van der Waals surface area contributed by atoms with Crippen molar-refractivity contribution in [3.63, 3.8) is 0 Å². The Morgan fingerprint density at radius 2 is 1.79 bits per heavy atom. The van der Waals surface area contributed by atoms with E-state index < -0.39 is 0 Å². The van der Waals surface area contributed by atoms with Gasteiger partial charge in [-0.05, 0) is 32.2 Å². The van der Waals surface area contributed by atoms with E-state index in [9.17, 15) is 9.59 Å². The molecule has 3 N–H and O–H groups in total. The SMILES string of the molecule is CC(C)(C)NC(=O)Nc1nnc(SCC(=O)Nc2cccc3ccccc23)s1. The van der Waals surface area contributed by atoms with Crippen LogP contribution in [-0.2, 0) is 4.79 Å². The molecule has 0 bridgehead atoms. The Kier molecular flexibility index (Phi) is 6.15. The first-order valence-electron chi connectivity index (χ1n) is 8.63. The Balaban J connectivity index is 1.54. The topological polar surface area (TPSA) is 96.0 Å². The summed E-state index contributed by atoms with van der Waals surface area (Å²) in [6, 6.07) is 13.3. The van der Waals surface area contributed by atoms with Crippen molar-refractivity contribution >= 4 is 56.6 Å². The molecule has 3 aromatic rings. The minimum atomic E-state index is -0.341. The standard InChI is InChI=1S/C19H21N5O2S2/c1-19(2,3)22-16(26)21-17-23-24-18(28-17)27-11-15(25)20-14-10-6-8-12-7-4-5-9-13(12)14/h4-10H,11H2,1-3H3,(H,20,25)(H2,21,22,23,26). The second-order valence-electron chi connectivity index (χ2n) is 7.07. The van der Waals surface area contributed by atoms with Gasteiger partial charge in [0.1, 0.15) is 0 Å². The van der Waals surface area contributed by atoms with Crippen molar-refractivity contribution in [3.05, 3.63) is 42.5 Å². The fourth-order valence-corrected chi connectivity index (χ4v) is 3.98. The predicted molar refractivity (Wildman–Crippen MR) is 115 cm³/mol. The molecule has 1 aromatic heterocycles. The van der Waals surface area contributed by atoms with Gasteiger partial charge in [0.15, 0.2) is 4.34 Å². The van der Waals surface area contributed by atoms with Crippen molar-refractivity contribution < 1.29 is 9.59 Å². The zero-order valence-electron chi connectivity index (χ0n) is 15.8. The summed E-state index contributed by atoms with van der Waals surface area (Å²) < 4.78 is 0.610. The lowest BCUT2D eigenvalue weighted by atomic mass is 10.1. The third-order valence-corrected chi connectivity index (χ3v) is 5.48. The number of amides is 3. The molecular weight excluding hydrogens is 394 g/mol. The number of aromatic nitrogens is 2.